The molecular weight excluding hydrogens is 400 g/mol. The van der Waals surface area contributed by atoms with Crippen LogP contribution in [-0.2, 0) is 9.59 Å². The number of hydrogen-bond acceptors (Lipinski definition) is 4. The van der Waals surface area contributed by atoms with Crippen LogP contribution in [0.1, 0.15) is 17.5 Å². The van der Waals surface area contributed by atoms with E-state index in [0.29, 0.717) is 19.9 Å². The highest BCUT2D eigenvalue weighted by molar-refractivity contribution is 8.26. The fraction of sp³-hybridized carbons (Fsp3) is 0.150. The number of anilines is 1. The van der Waals surface area contributed by atoms with Gasteiger partial charge in [-0.15, -0.1) is 0 Å². The standard InChI is InChI=1S/C20H17ClN2O2S2/c1-13-5-7-14(8-6-13)11-17-19(25)23(20(26)27-17)10-9-18(24)22-16-4-2-3-15(21)12-16/h2-8,11-12H,9-10H2,1H3,(H,22,24). The van der Waals surface area contributed by atoms with Crippen molar-refractivity contribution in [1.82, 2.24) is 4.90 Å². The summed E-state index contributed by atoms with van der Waals surface area (Å²) in [5.74, 6) is -0.366. The number of carbonyl (C=O) groups is 2. The lowest BCUT2D eigenvalue weighted by atomic mass is 10.1. The molecule has 0 saturated carbocycles. The molecule has 1 aliphatic heterocycles. The molecule has 3 rings (SSSR count). The summed E-state index contributed by atoms with van der Waals surface area (Å²) in [7, 11) is 0. The molecule has 0 unspecified atom stereocenters. The topological polar surface area (TPSA) is 49.4 Å². The van der Waals surface area contributed by atoms with Crippen LogP contribution in [0.15, 0.2) is 53.4 Å². The molecule has 2 aromatic rings. The second-order valence-corrected chi connectivity index (χ2v) is 8.16. The highest BCUT2D eigenvalue weighted by atomic mass is 35.5. The van der Waals surface area contributed by atoms with E-state index in [1.54, 1.807) is 24.3 Å². The van der Waals surface area contributed by atoms with E-state index in [1.165, 1.54) is 16.7 Å². The van der Waals surface area contributed by atoms with Gasteiger partial charge in [0.25, 0.3) is 5.91 Å². The number of thioether (sulfide) groups is 1. The van der Waals surface area contributed by atoms with Crippen LogP contribution in [0.2, 0.25) is 5.02 Å². The summed E-state index contributed by atoms with van der Waals surface area (Å²) in [5, 5.41) is 3.31. The summed E-state index contributed by atoms with van der Waals surface area (Å²) in [6.45, 7) is 2.25. The minimum Gasteiger partial charge on any atom is -0.326 e. The van der Waals surface area contributed by atoms with E-state index in [1.807, 2.05) is 37.3 Å². The maximum Gasteiger partial charge on any atom is 0.266 e. The fourth-order valence-electron chi connectivity index (χ4n) is 2.51. The fourth-order valence-corrected chi connectivity index (χ4v) is 4.01. The first-order valence-corrected chi connectivity index (χ1v) is 9.90. The highest BCUT2D eigenvalue weighted by Crippen LogP contribution is 2.32. The van der Waals surface area contributed by atoms with Gasteiger partial charge in [0.15, 0.2) is 0 Å². The van der Waals surface area contributed by atoms with Gasteiger partial charge in [0.1, 0.15) is 4.32 Å². The second kappa shape index (κ2) is 8.69. The third-order valence-corrected chi connectivity index (χ3v) is 5.53. The molecular formula is C20H17ClN2O2S2. The first-order valence-electron chi connectivity index (χ1n) is 8.30. The molecule has 1 N–H and O–H groups in total. The molecule has 0 spiro atoms. The van der Waals surface area contributed by atoms with Gasteiger partial charge in [0, 0.05) is 23.7 Å². The monoisotopic (exact) mass is 416 g/mol. The van der Waals surface area contributed by atoms with Gasteiger partial charge in [-0.1, -0.05) is 71.5 Å². The van der Waals surface area contributed by atoms with Crippen molar-refractivity contribution in [2.75, 3.05) is 11.9 Å². The van der Waals surface area contributed by atoms with E-state index in [9.17, 15) is 9.59 Å². The third-order valence-electron chi connectivity index (χ3n) is 3.92. The van der Waals surface area contributed by atoms with Crippen molar-refractivity contribution in [3.05, 3.63) is 69.6 Å². The summed E-state index contributed by atoms with van der Waals surface area (Å²) < 4.78 is 0.467. The Kier molecular flexibility index (Phi) is 6.31. The van der Waals surface area contributed by atoms with Crippen molar-refractivity contribution in [3.63, 3.8) is 0 Å². The van der Waals surface area contributed by atoms with Gasteiger partial charge in [0.05, 0.1) is 4.91 Å². The van der Waals surface area contributed by atoms with Crippen LogP contribution in [0.5, 0.6) is 0 Å². The molecule has 1 saturated heterocycles. The Balaban J connectivity index is 1.60. The zero-order chi connectivity index (χ0) is 19.4. The van der Waals surface area contributed by atoms with E-state index < -0.39 is 0 Å². The van der Waals surface area contributed by atoms with E-state index in [4.69, 9.17) is 23.8 Å². The van der Waals surface area contributed by atoms with Crippen molar-refractivity contribution < 1.29 is 9.59 Å². The molecule has 0 aliphatic carbocycles. The van der Waals surface area contributed by atoms with Gasteiger partial charge in [-0.05, 0) is 36.8 Å². The van der Waals surface area contributed by atoms with Crippen LogP contribution in [0, 0.1) is 6.92 Å². The molecule has 4 nitrogen and oxygen atoms in total. The number of halogens is 1. The first-order chi connectivity index (χ1) is 12.9. The van der Waals surface area contributed by atoms with Crippen LogP contribution >= 0.6 is 35.6 Å². The van der Waals surface area contributed by atoms with Gasteiger partial charge >= 0.3 is 0 Å². The molecule has 138 valence electrons. The molecule has 7 heteroatoms. The number of nitrogens with one attached hydrogen (secondary N) is 1. The summed E-state index contributed by atoms with van der Waals surface area (Å²) in [4.78, 5) is 26.8. The van der Waals surface area contributed by atoms with Crippen molar-refractivity contribution in [1.29, 1.82) is 0 Å². The minimum atomic E-state index is -0.200. The minimum absolute atomic E-state index is 0.150. The van der Waals surface area contributed by atoms with Gasteiger partial charge < -0.3 is 5.32 Å². The van der Waals surface area contributed by atoms with E-state index in [-0.39, 0.29) is 24.8 Å². The lowest BCUT2D eigenvalue weighted by molar-refractivity contribution is -0.122. The Hall–Kier alpha value is -2.15. The normalized spacial score (nSPS) is 15.5. The summed E-state index contributed by atoms with van der Waals surface area (Å²) in [6.07, 6.45) is 1.97. The lowest BCUT2D eigenvalue weighted by Gasteiger charge is -2.14. The Bertz CT molecular complexity index is 926. The molecule has 0 bridgehead atoms. The molecule has 27 heavy (non-hydrogen) atoms. The van der Waals surface area contributed by atoms with Crippen molar-refractivity contribution in [2.24, 2.45) is 0 Å². The quantitative estimate of drug-likeness (QED) is 0.557. The van der Waals surface area contributed by atoms with Crippen LogP contribution in [0.4, 0.5) is 5.69 Å². The molecule has 0 radical (unpaired) electrons. The molecule has 1 aliphatic rings. The summed E-state index contributed by atoms with van der Waals surface area (Å²) >= 11 is 12.5. The van der Waals surface area contributed by atoms with Crippen LogP contribution in [-0.4, -0.2) is 27.6 Å². The zero-order valence-corrected chi connectivity index (χ0v) is 17.0. The zero-order valence-electron chi connectivity index (χ0n) is 14.6. The van der Waals surface area contributed by atoms with E-state index in [0.717, 1.165) is 11.1 Å². The van der Waals surface area contributed by atoms with Crippen LogP contribution in [0.25, 0.3) is 6.08 Å². The number of hydrogen-bond donors (Lipinski definition) is 1. The number of aryl methyl sites for hydroxylation is 1. The maximum absolute atomic E-state index is 12.6. The number of amides is 2. The second-order valence-electron chi connectivity index (χ2n) is 6.05. The predicted octanol–water partition coefficient (Wildman–Crippen LogP) is 4.88. The maximum atomic E-state index is 12.6. The summed E-state index contributed by atoms with van der Waals surface area (Å²) in [6, 6.07) is 14.8. The van der Waals surface area contributed by atoms with Crippen molar-refractivity contribution in [3.8, 4) is 0 Å². The number of rotatable bonds is 5. The number of thiocarbonyl (C=S) groups is 1. The van der Waals surface area contributed by atoms with Gasteiger partial charge in [-0.3, -0.25) is 14.5 Å². The van der Waals surface area contributed by atoms with Crippen LogP contribution in [0.3, 0.4) is 0 Å². The molecule has 1 heterocycles. The summed E-state index contributed by atoms with van der Waals surface area (Å²) in [5.41, 5.74) is 2.72. The Morgan fingerprint density at radius 1 is 1.26 bits per heavy atom. The van der Waals surface area contributed by atoms with Gasteiger partial charge in [0.2, 0.25) is 5.91 Å². The van der Waals surface area contributed by atoms with Crippen LogP contribution < -0.4 is 5.32 Å². The number of carbonyl (C=O) groups excluding carboxylic acids is 2. The smallest absolute Gasteiger partial charge is 0.266 e. The van der Waals surface area contributed by atoms with E-state index in [2.05, 4.69) is 5.32 Å². The van der Waals surface area contributed by atoms with Gasteiger partial charge in [-0.2, -0.15) is 0 Å². The molecule has 1 fully saturated rings. The number of nitrogens with zero attached hydrogens (tertiary/aromatic N) is 1. The average Bonchev–Trinajstić information content (AvgIpc) is 2.88. The molecule has 2 aromatic carbocycles. The number of benzene rings is 2. The molecule has 0 aromatic heterocycles. The largest absolute Gasteiger partial charge is 0.326 e. The highest BCUT2D eigenvalue weighted by Gasteiger charge is 2.32. The average molecular weight is 417 g/mol. The molecule has 0 atom stereocenters. The predicted molar refractivity (Wildman–Crippen MR) is 116 cm³/mol. The Morgan fingerprint density at radius 3 is 2.70 bits per heavy atom. The Morgan fingerprint density at radius 2 is 2.00 bits per heavy atom. The van der Waals surface area contributed by atoms with Gasteiger partial charge in [-0.25, -0.2) is 0 Å². The SMILES string of the molecule is Cc1ccc(C=C2SC(=S)N(CCC(=O)Nc3cccc(Cl)c3)C2=O)cc1. The van der Waals surface area contributed by atoms with Crippen molar-refractivity contribution in [2.45, 2.75) is 13.3 Å². The van der Waals surface area contributed by atoms with E-state index >= 15 is 0 Å². The van der Waals surface area contributed by atoms with Crippen molar-refractivity contribution >= 4 is 63.5 Å². The first kappa shape index (κ1) is 19.6. The molecule has 2 amide bonds. The third kappa shape index (κ3) is 5.19. The lowest BCUT2D eigenvalue weighted by Crippen LogP contribution is -2.31. The Labute approximate surface area is 172 Å².